The van der Waals surface area contributed by atoms with Gasteiger partial charge in [0.1, 0.15) is 0 Å². The first-order valence-corrected chi connectivity index (χ1v) is 5.89. The molecule has 0 atom stereocenters. The molecule has 86 valence electrons. The molecule has 0 unspecified atom stereocenters. The summed E-state index contributed by atoms with van der Waals surface area (Å²) in [5.41, 5.74) is 0.333. The zero-order chi connectivity index (χ0) is 11.5. The number of thioether (sulfide) groups is 1. The van der Waals surface area contributed by atoms with E-state index in [1.54, 1.807) is 24.3 Å². The van der Waals surface area contributed by atoms with E-state index >= 15 is 0 Å². The molecule has 1 aromatic carbocycles. The number of carbonyl (C=O) groups is 1. The molecule has 0 aromatic heterocycles. The summed E-state index contributed by atoms with van der Waals surface area (Å²) >= 11 is 0.407. The molecular weight excluding hydrogens is 232 g/mol. The molecule has 2 nitrogen and oxygen atoms in total. The van der Waals surface area contributed by atoms with Crippen molar-refractivity contribution >= 4 is 17.7 Å². The second-order valence-electron chi connectivity index (χ2n) is 3.62. The van der Waals surface area contributed by atoms with Gasteiger partial charge in [0.2, 0.25) is 0 Å². The fourth-order valence-electron chi connectivity index (χ4n) is 1.34. The molecule has 0 heterocycles. The smallest absolute Gasteiger partial charge is 0.288 e. The van der Waals surface area contributed by atoms with E-state index in [0.717, 1.165) is 12.8 Å². The lowest BCUT2D eigenvalue weighted by Gasteiger charge is -2.08. The first kappa shape index (κ1) is 11.4. The van der Waals surface area contributed by atoms with Crippen LogP contribution in [0.15, 0.2) is 29.2 Å². The van der Waals surface area contributed by atoms with Crippen LogP contribution in [0.2, 0.25) is 0 Å². The van der Waals surface area contributed by atoms with Crippen molar-refractivity contribution in [1.29, 1.82) is 0 Å². The monoisotopic (exact) mass is 243 g/mol. The molecule has 0 aliphatic heterocycles. The van der Waals surface area contributed by atoms with E-state index in [-0.39, 0.29) is 11.9 Å². The third kappa shape index (κ3) is 2.95. The Balaban J connectivity index is 2.13. The lowest BCUT2D eigenvalue weighted by Crippen LogP contribution is -2.25. The van der Waals surface area contributed by atoms with Gasteiger partial charge in [0.05, 0.1) is 5.56 Å². The predicted molar refractivity (Wildman–Crippen MR) is 58.8 cm³/mol. The fourth-order valence-corrected chi connectivity index (χ4v) is 1.98. The highest BCUT2D eigenvalue weighted by molar-refractivity contribution is 7.99. The van der Waals surface area contributed by atoms with E-state index in [0.29, 0.717) is 22.2 Å². The summed E-state index contributed by atoms with van der Waals surface area (Å²) in [6.45, 7) is 0. The second-order valence-corrected chi connectivity index (χ2v) is 4.65. The van der Waals surface area contributed by atoms with Crippen LogP contribution in [0.4, 0.5) is 8.78 Å². The average Bonchev–Trinajstić information content (AvgIpc) is 3.01. The molecule has 1 aliphatic carbocycles. The van der Waals surface area contributed by atoms with Crippen molar-refractivity contribution in [2.45, 2.75) is 29.5 Å². The van der Waals surface area contributed by atoms with Crippen molar-refractivity contribution in [1.82, 2.24) is 5.32 Å². The molecule has 1 aliphatic rings. The zero-order valence-corrected chi connectivity index (χ0v) is 9.27. The van der Waals surface area contributed by atoms with Gasteiger partial charge in [-0.2, -0.15) is 8.78 Å². The van der Waals surface area contributed by atoms with Gasteiger partial charge < -0.3 is 5.32 Å². The number of hydrogen-bond donors (Lipinski definition) is 1. The van der Waals surface area contributed by atoms with E-state index < -0.39 is 5.76 Å². The summed E-state index contributed by atoms with van der Waals surface area (Å²) < 4.78 is 24.5. The summed E-state index contributed by atoms with van der Waals surface area (Å²) in [6, 6.07) is 6.67. The molecular formula is C11H11F2NOS. The molecule has 0 spiro atoms. The van der Waals surface area contributed by atoms with E-state index in [1.807, 2.05) is 0 Å². The van der Waals surface area contributed by atoms with Gasteiger partial charge in [-0.15, -0.1) is 0 Å². The van der Waals surface area contributed by atoms with E-state index in [4.69, 9.17) is 0 Å². The van der Waals surface area contributed by atoms with E-state index in [9.17, 15) is 13.6 Å². The van der Waals surface area contributed by atoms with Crippen molar-refractivity contribution < 1.29 is 13.6 Å². The topological polar surface area (TPSA) is 29.1 Å². The third-order valence-corrected chi connectivity index (χ3v) is 3.05. The molecule has 2 rings (SSSR count). The predicted octanol–water partition coefficient (Wildman–Crippen LogP) is 2.89. The Hall–Kier alpha value is -1.10. The summed E-state index contributed by atoms with van der Waals surface area (Å²) in [5.74, 6) is -2.76. The molecule has 5 heteroatoms. The van der Waals surface area contributed by atoms with Crippen LogP contribution in [0.1, 0.15) is 23.2 Å². The highest BCUT2D eigenvalue weighted by Crippen LogP contribution is 2.29. The van der Waals surface area contributed by atoms with Crippen LogP contribution < -0.4 is 5.32 Å². The largest absolute Gasteiger partial charge is 0.349 e. The molecule has 1 aromatic rings. The van der Waals surface area contributed by atoms with E-state index in [2.05, 4.69) is 5.32 Å². The molecule has 1 amide bonds. The first-order valence-electron chi connectivity index (χ1n) is 5.01. The van der Waals surface area contributed by atoms with Crippen molar-refractivity contribution in [3.05, 3.63) is 29.8 Å². The van der Waals surface area contributed by atoms with Gasteiger partial charge >= 0.3 is 0 Å². The van der Waals surface area contributed by atoms with Crippen LogP contribution in [0, 0.1) is 0 Å². The Morgan fingerprint density at radius 2 is 2.06 bits per heavy atom. The summed E-state index contributed by atoms with van der Waals surface area (Å²) in [7, 11) is 0. The number of benzene rings is 1. The fraction of sp³-hybridized carbons (Fsp3) is 0.364. The number of halogens is 2. The molecule has 1 fully saturated rings. The second kappa shape index (κ2) is 4.82. The van der Waals surface area contributed by atoms with Crippen LogP contribution in [-0.2, 0) is 0 Å². The Morgan fingerprint density at radius 1 is 1.38 bits per heavy atom. The number of hydrogen-bond acceptors (Lipinski definition) is 2. The minimum Gasteiger partial charge on any atom is -0.349 e. The van der Waals surface area contributed by atoms with Crippen molar-refractivity contribution in [3.8, 4) is 0 Å². The normalized spacial score (nSPS) is 15.2. The SMILES string of the molecule is O=C(NC1CC1)c1ccccc1SC(F)F. The van der Waals surface area contributed by atoms with Crippen molar-refractivity contribution in [2.75, 3.05) is 0 Å². The van der Waals surface area contributed by atoms with Gasteiger partial charge in [0.15, 0.2) is 0 Å². The van der Waals surface area contributed by atoms with Crippen LogP contribution in [0.3, 0.4) is 0 Å². The molecule has 1 saturated carbocycles. The molecule has 1 N–H and O–H groups in total. The highest BCUT2D eigenvalue weighted by atomic mass is 32.2. The van der Waals surface area contributed by atoms with E-state index in [1.165, 1.54) is 0 Å². The maximum absolute atomic E-state index is 12.3. The Morgan fingerprint density at radius 3 is 2.69 bits per heavy atom. The average molecular weight is 243 g/mol. The van der Waals surface area contributed by atoms with Crippen molar-refractivity contribution in [2.24, 2.45) is 0 Å². The lowest BCUT2D eigenvalue weighted by atomic mass is 10.2. The minimum atomic E-state index is -2.50. The maximum Gasteiger partial charge on any atom is 0.288 e. The van der Waals surface area contributed by atoms with Crippen molar-refractivity contribution in [3.63, 3.8) is 0 Å². The molecule has 0 saturated heterocycles. The lowest BCUT2D eigenvalue weighted by molar-refractivity contribution is 0.0948. The molecule has 0 bridgehead atoms. The van der Waals surface area contributed by atoms with Crippen LogP contribution in [0.5, 0.6) is 0 Å². The highest BCUT2D eigenvalue weighted by Gasteiger charge is 2.25. The summed E-state index contributed by atoms with van der Waals surface area (Å²) in [5, 5.41) is 2.79. The van der Waals surface area contributed by atoms with Gasteiger partial charge in [-0.05, 0) is 25.0 Å². The van der Waals surface area contributed by atoms with Gasteiger partial charge in [0, 0.05) is 10.9 Å². The summed E-state index contributed by atoms with van der Waals surface area (Å²) in [4.78, 5) is 12.1. The minimum absolute atomic E-state index is 0.233. The van der Waals surface area contributed by atoms with Gasteiger partial charge in [-0.25, -0.2) is 0 Å². The van der Waals surface area contributed by atoms with Crippen LogP contribution >= 0.6 is 11.8 Å². The Kier molecular flexibility index (Phi) is 3.43. The quantitative estimate of drug-likeness (QED) is 0.824. The Labute approximate surface area is 96.4 Å². The zero-order valence-electron chi connectivity index (χ0n) is 8.45. The summed E-state index contributed by atoms with van der Waals surface area (Å²) in [6.07, 6.45) is 1.96. The number of rotatable bonds is 4. The maximum atomic E-state index is 12.3. The molecule has 0 radical (unpaired) electrons. The van der Waals surface area contributed by atoms with Crippen LogP contribution in [-0.4, -0.2) is 17.7 Å². The molecule has 16 heavy (non-hydrogen) atoms. The van der Waals surface area contributed by atoms with Gasteiger partial charge in [-0.3, -0.25) is 4.79 Å². The number of nitrogens with one attached hydrogen (secondary N) is 1. The number of amides is 1. The van der Waals surface area contributed by atoms with Gasteiger partial charge in [-0.1, -0.05) is 23.9 Å². The number of carbonyl (C=O) groups excluding carboxylic acids is 1. The first-order chi connectivity index (χ1) is 7.66. The standard InChI is InChI=1S/C11H11F2NOS/c12-11(13)16-9-4-2-1-3-8(9)10(15)14-7-5-6-7/h1-4,7,11H,5-6H2,(H,14,15). The van der Waals surface area contributed by atoms with Gasteiger partial charge in [0.25, 0.3) is 11.7 Å². The van der Waals surface area contributed by atoms with Crippen LogP contribution in [0.25, 0.3) is 0 Å². The third-order valence-electron chi connectivity index (χ3n) is 2.26. The number of alkyl halides is 2. The Bertz CT molecular complexity index is 393.